The van der Waals surface area contributed by atoms with Crippen LogP contribution < -0.4 is 5.32 Å². The van der Waals surface area contributed by atoms with E-state index in [1.165, 1.54) is 12.5 Å². The lowest BCUT2D eigenvalue weighted by atomic mass is 9.86. The van der Waals surface area contributed by atoms with E-state index in [9.17, 15) is 18.7 Å². The predicted octanol–water partition coefficient (Wildman–Crippen LogP) is 5.36. The molecular formula is C24H23F2N3O2. The Morgan fingerprint density at radius 2 is 1.77 bits per heavy atom. The number of halogens is 2. The molecule has 31 heavy (non-hydrogen) atoms. The number of aromatic nitrogens is 2. The SMILES string of the molecule is O=C(Cc1ccc(F)c(F)c1)Nc1ncc(-c2ccc(O)cc2)nc1C1CCCCC1. The summed E-state index contributed by atoms with van der Waals surface area (Å²) >= 11 is 0. The molecule has 1 aliphatic rings. The highest BCUT2D eigenvalue weighted by Gasteiger charge is 2.23. The van der Waals surface area contributed by atoms with E-state index < -0.39 is 11.6 Å². The maximum atomic E-state index is 13.4. The van der Waals surface area contributed by atoms with Crippen molar-refractivity contribution in [3.05, 3.63) is 71.6 Å². The quantitative estimate of drug-likeness (QED) is 0.580. The van der Waals surface area contributed by atoms with Gasteiger partial charge in [0.2, 0.25) is 5.91 Å². The molecule has 0 aliphatic heterocycles. The second kappa shape index (κ2) is 9.20. The zero-order chi connectivity index (χ0) is 21.8. The number of amides is 1. The lowest BCUT2D eigenvalue weighted by Gasteiger charge is -2.23. The van der Waals surface area contributed by atoms with Crippen LogP contribution in [0.5, 0.6) is 5.75 Å². The molecule has 1 heterocycles. The number of phenolic OH excluding ortho intramolecular Hbond substituents is 1. The molecule has 1 aromatic heterocycles. The molecule has 0 unspecified atom stereocenters. The molecule has 3 aromatic rings. The average molecular weight is 423 g/mol. The molecule has 1 amide bonds. The van der Waals surface area contributed by atoms with E-state index in [1.54, 1.807) is 30.5 Å². The fourth-order valence-corrected chi connectivity index (χ4v) is 3.94. The van der Waals surface area contributed by atoms with Crippen LogP contribution in [-0.2, 0) is 11.2 Å². The number of nitrogens with zero attached hydrogens (tertiary/aromatic N) is 2. The van der Waals surface area contributed by atoms with E-state index in [-0.39, 0.29) is 24.0 Å². The molecule has 2 N–H and O–H groups in total. The van der Waals surface area contributed by atoms with Gasteiger partial charge in [0.25, 0.3) is 0 Å². The van der Waals surface area contributed by atoms with E-state index in [1.807, 2.05) is 0 Å². The summed E-state index contributed by atoms with van der Waals surface area (Å²) in [4.78, 5) is 21.9. The summed E-state index contributed by atoms with van der Waals surface area (Å²) in [6.45, 7) is 0. The van der Waals surface area contributed by atoms with Crippen molar-refractivity contribution < 1.29 is 18.7 Å². The van der Waals surface area contributed by atoms with Gasteiger partial charge in [-0.2, -0.15) is 0 Å². The lowest BCUT2D eigenvalue weighted by Crippen LogP contribution is -2.19. The fraction of sp³-hybridized carbons (Fsp3) is 0.292. The van der Waals surface area contributed by atoms with Crippen molar-refractivity contribution in [1.82, 2.24) is 9.97 Å². The lowest BCUT2D eigenvalue weighted by molar-refractivity contribution is -0.115. The Hall–Kier alpha value is -3.35. The normalized spacial score (nSPS) is 14.4. The topological polar surface area (TPSA) is 75.1 Å². The molecule has 0 saturated heterocycles. The van der Waals surface area contributed by atoms with Crippen molar-refractivity contribution in [2.24, 2.45) is 0 Å². The Morgan fingerprint density at radius 3 is 2.48 bits per heavy atom. The number of phenols is 1. The highest BCUT2D eigenvalue weighted by atomic mass is 19.2. The molecule has 0 bridgehead atoms. The van der Waals surface area contributed by atoms with E-state index in [2.05, 4.69) is 10.3 Å². The first-order chi connectivity index (χ1) is 15.0. The van der Waals surface area contributed by atoms with Gasteiger partial charge < -0.3 is 10.4 Å². The molecule has 1 fully saturated rings. The van der Waals surface area contributed by atoms with Gasteiger partial charge in [0.15, 0.2) is 17.5 Å². The van der Waals surface area contributed by atoms with Crippen LogP contribution in [0, 0.1) is 11.6 Å². The summed E-state index contributed by atoms with van der Waals surface area (Å²) in [5.74, 6) is -1.52. The van der Waals surface area contributed by atoms with Gasteiger partial charge in [-0.05, 0) is 54.8 Å². The first-order valence-electron chi connectivity index (χ1n) is 10.4. The minimum Gasteiger partial charge on any atom is -0.508 e. The van der Waals surface area contributed by atoms with E-state index in [0.29, 0.717) is 17.1 Å². The third-order valence-electron chi connectivity index (χ3n) is 5.56. The van der Waals surface area contributed by atoms with Crippen molar-refractivity contribution in [3.63, 3.8) is 0 Å². The van der Waals surface area contributed by atoms with Gasteiger partial charge >= 0.3 is 0 Å². The number of carbonyl (C=O) groups is 1. The Morgan fingerprint density at radius 1 is 1.03 bits per heavy atom. The summed E-state index contributed by atoms with van der Waals surface area (Å²) in [6.07, 6.45) is 6.81. The number of rotatable bonds is 5. The van der Waals surface area contributed by atoms with Crippen LogP contribution in [0.1, 0.15) is 49.3 Å². The second-order valence-corrected chi connectivity index (χ2v) is 7.84. The van der Waals surface area contributed by atoms with Crippen LogP contribution in [0.25, 0.3) is 11.3 Å². The highest BCUT2D eigenvalue weighted by molar-refractivity contribution is 5.92. The maximum absolute atomic E-state index is 13.4. The molecule has 160 valence electrons. The summed E-state index contributed by atoms with van der Waals surface area (Å²) in [5.41, 5.74) is 2.61. The number of benzene rings is 2. The smallest absolute Gasteiger partial charge is 0.229 e. The Labute approximate surface area is 179 Å². The molecule has 4 rings (SSSR count). The number of nitrogens with one attached hydrogen (secondary N) is 1. The summed E-state index contributed by atoms with van der Waals surface area (Å²) in [7, 11) is 0. The van der Waals surface area contributed by atoms with Gasteiger partial charge in [0.1, 0.15) is 5.75 Å². The van der Waals surface area contributed by atoms with E-state index in [4.69, 9.17) is 4.98 Å². The van der Waals surface area contributed by atoms with E-state index >= 15 is 0 Å². The first kappa shape index (κ1) is 20.9. The summed E-state index contributed by atoms with van der Waals surface area (Å²) in [5, 5.41) is 12.3. The number of anilines is 1. The monoisotopic (exact) mass is 423 g/mol. The van der Waals surface area contributed by atoms with Crippen molar-refractivity contribution >= 4 is 11.7 Å². The van der Waals surface area contributed by atoms with Crippen molar-refractivity contribution in [3.8, 4) is 17.0 Å². The summed E-state index contributed by atoms with van der Waals surface area (Å²) < 4.78 is 26.6. The Balaban J connectivity index is 1.59. The molecule has 1 aliphatic carbocycles. The van der Waals surface area contributed by atoms with Crippen LogP contribution in [0.3, 0.4) is 0 Å². The third kappa shape index (κ3) is 5.05. The van der Waals surface area contributed by atoms with Gasteiger partial charge in [0.05, 0.1) is 24.0 Å². The molecule has 7 heteroatoms. The summed E-state index contributed by atoms with van der Waals surface area (Å²) in [6, 6.07) is 10.1. The third-order valence-corrected chi connectivity index (χ3v) is 5.56. The zero-order valence-electron chi connectivity index (χ0n) is 16.9. The minimum atomic E-state index is -0.980. The minimum absolute atomic E-state index is 0.0945. The molecule has 5 nitrogen and oxygen atoms in total. The molecular weight excluding hydrogens is 400 g/mol. The van der Waals surface area contributed by atoms with Crippen molar-refractivity contribution in [1.29, 1.82) is 0 Å². The molecule has 0 spiro atoms. The fourth-order valence-electron chi connectivity index (χ4n) is 3.94. The number of hydrogen-bond donors (Lipinski definition) is 2. The highest BCUT2D eigenvalue weighted by Crippen LogP contribution is 2.35. The van der Waals surface area contributed by atoms with Crippen LogP contribution in [0.2, 0.25) is 0 Å². The van der Waals surface area contributed by atoms with Gasteiger partial charge in [-0.15, -0.1) is 0 Å². The number of hydrogen-bond acceptors (Lipinski definition) is 4. The molecule has 0 radical (unpaired) electrons. The Kier molecular flexibility index (Phi) is 6.21. The van der Waals surface area contributed by atoms with Crippen molar-refractivity contribution in [2.75, 3.05) is 5.32 Å². The van der Waals surface area contributed by atoms with Crippen LogP contribution in [-0.4, -0.2) is 21.0 Å². The van der Waals surface area contributed by atoms with Gasteiger partial charge in [-0.1, -0.05) is 25.3 Å². The van der Waals surface area contributed by atoms with Gasteiger partial charge in [-0.25, -0.2) is 18.7 Å². The van der Waals surface area contributed by atoms with Gasteiger partial charge in [-0.3, -0.25) is 4.79 Å². The first-order valence-corrected chi connectivity index (χ1v) is 10.4. The van der Waals surface area contributed by atoms with Crippen LogP contribution in [0.4, 0.5) is 14.6 Å². The zero-order valence-corrected chi connectivity index (χ0v) is 16.9. The van der Waals surface area contributed by atoms with Crippen LogP contribution >= 0.6 is 0 Å². The van der Waals surface area contributed by atoms with Crippen molar-refractivity contribution in [2.45, 2.75) is 44.4 Å². The average Bonchev–Trinajstić information content (AvgIpc) is 2.78. The standard InChI is InChI=1S/C24H23F2N3O2/c25-19-11-6-15(12-20(19)26)13-22(31)29-24-23(17-4-2-1-3-5-17)28-21(14-27-24)16-7-9-18(30)10-8-16/h6-12,14,17,30H,1-5,13H2,(H,27,29,31). The predicted molar refractivity (Wildman–Crippen MR) is 114 cm³/mol. The molecule has 0 atom stereocenters. The van der Waals surface area contributed by atoms with Crippen LogP contribution in [0.15, 0.2) is 48.7 Å². The maximum Gasteiger partial charge on any atom is 0.229 e. The largest absolute Gasteiger partial charge is 0.508 e. The van der Waals surface area contributed by atoms with Gasteiger partial charge in [0, 0.05) is 11.5 Å². The number of carbonyl (C=O) groups excluding carboxylic acids is 1. The number of aromatic hydroxyl groups is 1. The molecule has 1 saturated carbocycles. The Bertz CT molecular complexity index is 1080. The van der Waals surface area contributed by atoms with E-state index in [0.717, 1.165) is 49.1 Å². The second-order valence-electron chi connectivity index (χ2n) is 7.84. The molecule has 2 aromatic carbocycles.